The molecule has 3 nitrogen and oxygen atoms in total. The number of aryl methyl sites for hydroxylation is 1. The van der Waals surface area contributed by atoms with Crippen molar-refractivity contribution in [1.29, 1.82) is 0 Å². The molecule has 1 unspecified atom stereocenters. The van der Waals surface area contributed by atoms with E-state index in [9.17, 15) is 0 Å². The Labute approximate surface area is 107 Å². The second kappa shape index (κ2) is 5.47. The fourth-order valence-corrected chi connectivity index (χ4v) is 2.11. The van der Waals surface area contributed by atoms with Gasteiger partial charge in [0.1, 0.15) is 10.7 Å². The quantitative estimate of drug-likeness (QED) is 0.832. The van der Waals surface area contributed by atoms with Gasteiger partial charge >= 0.3 is 0 Å². The molecule has 17 heavy (non-hydrogen) atoms. The number of ether oxygens (including phenoxy) is 2. The average molecular weight is 251 g/mol. The van der Waals surface area contributed by atoms with Gasteiger partial charge in [-0.15, -0.1) is 0 Å². The van der Waals surface area contributed by atoms with Crippen LogP contribution in [-0.2, 0) is 4.74 Å². The maximum Gasteiger partial charge on any atom is 0.132 e. The van der Waals surface area contributed by atoms with Crippen molar-refractivity contribution in [3.63, 3.8) is 0 Å². The van der Waals surface area contributed by atoms with Gasteiger partial charge in [0.25, 0.3) is 0 Å². The third kappa shape index (κ3) is 2.96. The predicted molar refractivity (Wildman–Crippen MR) is 71.5 cm³/mol. The summed E-state index contributed by atoms with van der Waals surface area (Å²) in [6, 6.07) is 5.84. The van der Waals surface area contributed by atoms with Gasteiger partial charge in [0.2, 0.25) is 0 Å². The lowest BCUT2D eigenvalue weighted by Crippen LogP contribution is -2.16. The summed E-state index contributed by atoms with van der Waals surface area (Å²) in [6.07, 6.45) is 1.06. The second-order valence-electron chi connectivity index (χ2n) is 4.36. The van der Waals surface area contributed by atoms with Crippen LogP contribution in [0, 0.1) is 12.8 Å². The summed E-state index contributed by atoms with van der Waals surface area (Å²) in [5.74, 6) is 1.29. The lowest BCUT2D eigenvalue weighted by Gasteiger charge is -2.15. The van der Waals surface area contributed by atoms with Crippen LogP contribution in [0.25, 0.3) is 0 Å². The van der Waals surface area contributed by atoms with Gasteiger partial charge in [0, 0.05) is 12.5 Å². The number of benzene rings is 1. The average Bonchev–Trinajstić information content (AvgIpc) is 2.80. The summed E-state index contributed by atoms with van der Waals surface area (Å²) < 4.78 is 11.2. The molecule has 92 valence electrons. The molecular formula is C13H17NO2S. The van der Waals surface area contributed by atoms with Crippen LogP contribution in [0.1, 0.15) is 17.5 Å². The molecule has 0 amide bonds. The summed E-state index contributed by atoms with van der Waals surface area (Å²) in [4.78, 5) is 0.381. The smallest absolute Gasteiger partial charge is 0.132 e. The Balaban J connectivity index is 2.10. The SMILES string of the molecule is Cc1cccc(C(N)=S)c1OCC1CCOC1. The van der Waals surface area contributed by atoms with Crippen molar-refractivity contribution in [1.82, 2.24) is 0 Å². The molecule has 1 aromatic carbocycles. The normalized spacial score (nSPS) is 19.2. The minimum absolute atomic E-state index is 0.381. The Kier molecular flexibility index (Phi) is 3.97. The maximum absolute atomic E-state index is 5.87. The highest BCUT2D eigenvalue weighted by Crippen LogP contribution is 2.25. The van der Waals surface area contributed by atoms with Crippen LogP contribution in [0.2, 0.25) is 0 Å². The monoisotopic (exact) mass is 251 g/mol. The Bertz CT molecular complexity index is 414. The van der Waals surface area contributed by atoms with Gasteiger partial charge in [-0.05, 0) is 25.0 Å². The van der Waals surface area contributed by atoms with E-state index in [1.807, 2.05) is 25.1 Å². The van der Waals surface area contributed by atoms with E-state index in [2.05, 4.69) is 0 Å². The first kappa shape index (κ1) is 12.3. The van der Waals surface area contributed by atoms with Crippen LogP contribution in [0.15, 0.2) is 18.2 Å². The van der Waals surface area contributed by atoms with E-state index in [1.54, 1.807) is 0 Å². The molecule has 1 saturated heterocycles. The summed E-state index contributed by atoms with van der Waals surface area (Å²) in [5.41, 5.74) is 7.58. The molecule has 0 bridgehead atoms. The molecule has 0 spiro atoms. The Morgan fingerprint density at radius 1 is 1.59 bits per heavy atom. The highest BCUT2D eigenvalue weighted by molar-refractivity contribution is 7.80. The predicted octanol–water partition coefficient (Wildman–Crippen LogP) is 2.04. The van der Waals surface area contributed by atoms with E-state index in [1.165, 1.54) is 0 Å². The van der Waals surface area contributed by atoms with Gasteiger partial charge in [-0.3, -0.25) is 0 Å². The molecule has 1 fully saturated rings. The maximum atomic E-state index is 5.87. The van der Waals surface area contributed by atoms with Gasteiger partial charge in [-0.25, -0.2) is 0 Å². The molecule has 1 aliphatic rings. The van der Waals surface area contributed by atoms with Crippen molar-refractivity contribution in [3.05, 3.63) is 29.3 Å². The fourth-order valence-electron chi connectivity index (χ4n) is 1.95. The molecule has 2 N–H and O–H groups in total. The fraction of sp³-hybridized carbons (Fsp3) is 0.462. The Morgan fingerprint density at radius 3 is 3.06 bits per heavy atom. The van der Waals surface area contributed by atoms with Crippen molar-refractivity contribution >= 4 is 17.2 Å². The first-order valence-corrected chi connectivity index (χ1v) is 6.19. The molecule has 0 aliphatic carbocycles. The zero-order valence-corrected chi connectivity index (χ0v) is 10.8. The summed E-state index contributed by atoms with van der Waals surface area (Å²) >= 11 is 5.03. The van der Waals surface area contributed by atoms with E-state index in [4.69, 9.17) is 27.4 Å². The molecule has 1 heterocycles. The van der Waals surface area contributed by atoms with Crippen LogP contribution >= 0.6 is 12.2 Å². The third-order valence-corrected chi connectivity index (χ3v) is 3.18. The molecule has 4 heteroatoms. The standard InChI is InChI=1S/C13H17NO2S/c1-9-3-2-4-11(13(14)17)12(9)16-8-10-5-6-15-7-10/h2-4,10H,5-8H2,1H3,(H2,14,17). The number of thiocarbonyl (C=S) groups is 1. The topological polar surface area (TPSA) is 44.5 Å². The summed E-state index contributed by atoms with van der Waals surface area (Å²) in [5, 5.41) is 0. The van der Waals surface area contributed by atoms with Crippen molar-refractivity contribution in [2.24, 2.45) is 11.7 Å². The lowest BCUT2D eigenvalue weighted by atomic mass is 10.1. The highest BCUT2D eigenvalue weighted by Gasteiger charge is 2.18. The molecule has 1 aromatic rings. The molecule has 0 radical (unpaired) electrons. The summed E-state index contributed by atoms with van der Waals surface area (Å²) in [7, 11) is 0. The van der Waals surface area contributed by atoms with Gasteiger partial charge in [0.15, 0.2) is 0 Å². The summed E-state index contributed by atoms with van der Waals surface area (Å²) in [6.45, 7) is 4.29. The molecule has 1 atom stereocenters. The zero-order chi connectivity index (χ0) is 12.3. The van der Waals surface area contributed by atoms with E-state index in [-0.39, 0.29) is 0 Å². The van der Waals surface area contributed by atoms with Gasteiger partial charge in [0.05, 0.1) is 18.8 Å². The zero-order valence-electron chi connectivity index (χ0n) is 9.94. The van der Waals surface area contributed by atoms with E-state index in [0.29, 0.717) is 17.5 Å². The van der Waals surface area contributed by atoms with Crippen molar-refractivity contribution in [3.8, 4) is 5.75 Å². The van der Waals surface area contributed by atoms with Crippen LogP contribution in [0.3, 0.4) is 0 Å². The number of hydrogen-bond acceptors (Lipinski definition) is 3. The molecule has 0 saturated carbocycles. The van der Waals surface area contributed by atoms with E-state index >= 15 is 0 Å². The molecule has 2 rings (SSSR count). The van der Waals surface area contributed by atoms with Gasteiger partial charge < -0.3 is 15.2 Å². The Hall–Kier alpha value is -1.13. The van der Waals surface area contributed by atoms with Crippen LogP contribution in [-0.4, -0.2) is 24.8 Å². The minimum Gasteiger partial charge on any atom is -0.492 e. The second-order valence-corrected chi connectivity index (χ2v) is 4.80. The Morgan fingerprint density at radius 2 is 2.41 bits per heavy atom. The third-order valence-electron chi connectivity index (χ3n) is 2.96. The van der Waals surface area contributed by atoms with Crippen molar-refractivity contribution in [2.45, 2.75) is 13.3 Å². The van der Waals surface area contributed by atoms with Crippen LogP contribution < -0.4 is 10.5 Å². The minimum atomic E-state index is 0.381. The lowest BCUT2D eigenvalue weighted by molar-refractivity contribution is 0.167. The first-order chi connectivity index (χ1) is 8.18. The largest absolute Gasteiger partial charge is 0.492 e. The number of nitrogens with two attached hydrogens (primary N) is 1. The van der Waals surface area contributed by atoms with E-state index in [0.717, 1.165) is 36.5 Å². The highest BCUT2D eigenvalue weighted by atomic mass is 32.1. The number of para-hydroxylation sites is 1. The van der Waals surface area contributed by atoms with Crippen molar-refractivity contribution in [2.75, 3.05) is 19.8 Å². The van der Waals surface area contributed by atoms with E-state index < -0.39 is 0 Å². The molecule has 1 aliphatic heterocycles. The van der Waals surface area contributed by atoms with Gasteiger partial charge in [-0.1, -0.05) is 24.4 Å². The molecular weight excluding hydrogens is 234 g/mol. The number of hydrogen-bond donors (Lipinski definition) is 1. The van der Waals surface area contributed by atoms with Crippen LogP contribution in [0.5, 0.6) is 5.75 Å². The first-order valence-electron chi connectivity index (χ1n) is 5.78. The van der Waals surface area contributed by atoms with Gasteiger partial charge in [-0.2, -0.15) is 0 Å². The number of rotatable bonds is 4. The van der Waals surface area contributed by atoms with Crippen LogP contribution in [0.4, 0.5) is 0 Å². The van der Waals surface area contributed by atoms with Crippen molar-refractivity contribution < 1.29 is 9.47 Å². The molecule has 0 aromatic heterocycles.